The predicted octanol–water partition coefficient (Wildman–Crippen LogP) is 2.57. The Morgan fingerprint density at radius 2 is 2.21 bits per heavy atom. The zero-order valence-electron chi connectivity index (χ0n) is 9.73. The van der Waals surface area contributed by atoms with Crippen molar-refractivity contribution in [1.82, 2.24) is 10.2 Å². The summed E-state index contributed by atoms with van der Waals surface area (Å²) in [5, 5.41) is 24.1. The predicted molar refractivity (Wildman–Crippen MR) is 74.0 cm³/mol. The number of hydrogen-bond acceptors (Lipinski definition) is 7. The number of hydrogen-bond donors (Lipinski definition) is 0. The molecule has 19 heavy (non-hydrogen) atoms. The fourth-order valence-corrected chi connectivity index (χ4v) is 1.98. The molecule has 2 heterocycles. The Balaban J connectivity index is 2.08. The fourth-order valence-electron chi connectivity index (χ4n) is 1.19. The second-order valence-electron chi connectivity index (χ2n) is 3.42. The summed E-state index contributed by atoms with van der Waals surface area (Å²) in [6.45, 7) is 0. The summed E-state index contributed by atoms with van der Waals surface area (Å²) >= 11 is 6.68. The monoisotopic (exact) mass is 297 g/mol. The van der Waals surface area contributed by atoms with Gasteiger partial charge in [-0.15, -0.1) is 10.2 Å². The zero-order valence-corrected chi connectivity index (χ0v) is 11.3. The molecular weight excluding hydrogens is 290 g/mol. The molecule has 2 rings (SSSR count). The normalized spacial score (nSPS) is 10.8. The largest absolute Gasteiger partial charge is 0.324 e. The SMILES string of the molecule is CN(/N=C/c1ccc([N+](=O)[O-])s1)c1ccc(Cl)nn1. The van der Waals surface area contributed by atoms with Gasteiger partial charge in [0, 0.05) is 13.1 Å². The van der Waals surface area contributed by atoms with Crippen molar-refractivity contribution < 1.29 is 4.92 Å². The van der Waals surface area contributed by atoms with Crippen LogP contribution >= 0.6 is 22.9 Å². The Labute approximate surface area is 117 Å². The summed E-state index contributed by atoms with van der Waals surface area (Å²) in [5.74, 6) is 0.520. The number of halogens is 1. The van der Waals surface area contributed by atoms with Gasteiger partial charge in [-0.05, 0) is 18.2 Å². The van der Waals surface area contributed by atoms with Crippen molar-refractivity contribution in [1.29, 1.82) is 0 Å². The first-order valence-electron chi connectivity index (χ1n) is 5.07. The van der Waals surface area contributed by atoms with Crippen LogP contribution in [-0.4, -0.2) is 28.4 Å². The Morgan fingerprint density at radius 3 is 2.79 bits per heavy atom. The van der Waals surface area contributed by atoms with E-state index in [1.54, 1.807) is 25.2 Å². The molecule has 7 nitrogen and oxygen atoms in total. The maximum absolute atomic E-state index is 10.5. The van der Waals surface area contributed by atoms with Crippen LogP contribution < -0.4 is 5.01 Å². The molecule has 0 spiro atoms. The van der Waals surface area contributed by atoms with E-state index in [9.17, 15) is 10.1 Å². The average Bonchev–Trinajstić information content (AvgIpc) is 2.86. The lowest BCUT2D eigenvalue weighted by Gasteiger charge is -2.09. The molecule has 0 saturated carbocycles. The molecule has 2 aromatic rings. The van der Waals surface area contributed by atoms with E-state index in [-0.39, 0.29) is 5.00 Å². The molecular formula is C10H8ClN5O2S. The van der Waals surface area contributed by atoms with E-state index in [1.807, 2.05) is 0 Å². The maximum Gasteiger partial charge on any atom is 0.324 e. The van der Waals surface area contributed by atoms with Crippen LogP contribution in [0.3, 0.4) is 0 Å². The minimum Gasteiger partial charge on any atom is -0.258 e. The van der Waals surface area contributed by atoms with Crippen molar-refractivity contribution in [2.24, 2.45) is 5.10 Å². The molecule has 0 aliphatic heterocycles. The van der Waals surface area contributed by atoms with E-state index in [1.165, 1.54) is 17.3 Å². The van der Waals surface area contributed by atoms with Crippen molar-refractivity contribution in [2.75, 3.05) is 12.1 Å². The molecule has 2 aromatic heterocycles. The molecule has 0 atom stereocenters. The van der Waals surface area contributed by atoms with E-state index >= 15 is 0 Å². The van der Waals surface area contributed by atoms with Crippen LogP contribution in [0.5, 0.6) is 0 Å². The second kappa shape index (κ2) is 5.72. The number of thiophene rings is 1. The van der Waals surface area contributed by atoms with Crippen LogP contribution in [0.15, 0.2) is 29.4 Å². The summed E-state index contributed by atoms with van der Waals surface area (Å²) in [6, 6.07) is 6.34. The number of anilines is 1. The molecule has 0 saturated heterocycles. The zero-order chi connectivity index (χ0) is 13.8. The lowest BCUT2D eigenvalue weighted by atomic mass is 10.5. The Hall–Kier alpha value is -2.06. The quantitative estimate of drug-likeness (QED) is 0.492. The van der Waals surface area contributed by atoms with Crippen molar-refractivity contribution in [3.8, 4) is 0 Å². The highest BCUT2D eigenvalue weighted by molar-refractivity contribution is 7.16. The Kier molecular flexibility index (Phi) is 4.03. The molecule has 0 radical (unpaired) electrons. The first kappa shape index (κ1) is 13.4. The molecule has 0 unspecified atom stereocenters. The van der Waals surface area contributed by atoms with Crippen LogP contribution in [0.1, 0.15) is 4.88 Å². The van der Waals surface area contributed by atoms with Crippen molar-refractivity contribution in [3.05, 3.63) is 44.4 Å². The van der Waals surface area contributed by atoms with Crippen LogP contribution in [0.2, 0.25) is 5.15 Å². The summed E-state index contributed by atoms with van der Waals surface area (Å²) in [4.78, 5) is 10.8. The average molecular weight is 298 g/mol. The minimum absolute atomic E-state index is 0.0791. The topological polar surface area (TPSA) is 84.5 Å². The number of aromatic nitrogens is 2. The third kappa shape index (κ3) is 3.46. The molecule has 0 bridgehead atoms. The fraction of sp³-hybridized carbons (Fsp3) is 0.100. The molecule has 98 valence electrons. The standard InChI is InChI=1S/C10H8ClN5O2S/c1-15(9-4-3-8(11)13-14-9)12-6-7-2-5-10(19-7)16(17)18/h2-6H,1H3/b12-6+. The van der Waals surface area contributed by atoms with Gasteiger partial charge in [-0.2, -0.15) is 5.10 Å². The van der Waals surface area contributed by atoms with E-state index in [4.69, 9.17) is 11.6 Å². The summed E-state index contributed by atoms with van der Waals surface area (Å²) in [7, 11) is 1.69. The highest BCUT2D eigenvalue weighted by Crippen LogP contribution is 2.22. The van der Waals surface area contributed by atoms with Gasteiger partial charge in [0.25, 0.3) is 0 Å². The summed E-state index contributed by atoms with van der Waals surface area (Å²) < 4.78 is 0. The van der Waals surface area contributed by atoms with Gasteiger partial charge in [-0.25, -0.2) is 5.01 Å². The number of rotatable bonds is 4. The third-order valence-electron chi connectivity index (χ3n) is 2.10. The van der Waals surface area contributed by atoms with Gasteiger partial charge in [0.2, 0.25) is 0 Å². The lowest BCUT2D eigenvalue weighted by molar-refractivity contribution is -0.380. The van der Waals surface area contributed by atoms with Gasteiger partial charge >= 0.3 is 5.00 Å². The van der Waals surface area contributed by atoms with Gasteiger partial charge in [-0.1, -0.05) is 22.9 Å². The van der Waals surface area contributed by atoms with Gasteiger partial charge < -0.3 is 0 Å². The third-order valence-corrected chi connectivity index (χ3v) is 3.27. The lowest BCUT2D eigenvalue weighted by Crippen LogP contribution is -2.11. The molecule has 9 heteroatoms. The number of nitrogens with zero attached hydrogens (tertiary/aromatic N) is 5. The van der Waals surface area contributed by atoms with E-state index < -0.39 is 4.92 Å². The van der Waals surface area contributed by atoms with Gasteiger partial charge in [0.1, 0.15) is 0 Å². The maximum atomic E-state index is 10.5. The molecule has 0 aromatic carbocycles. The van der Waals surface area contributed by atoms with Crippen molar-refractivity contribution in [3.63, 3.8) is 0 Å². The van der Waals surface area contributed by atoms with Crippen molar-refractivity contribution in [2.45, 2.75) is 0 Å². The first-order valence-corrected chi connectivity index (χ1v) is 6.27. The summed E-state index contributed by atoms with van der Waals surface area (Å²) in [5.41, 5.74) is 0. The smallest absolute Gasteiger partial charge is 0.258 e. The minimum atomic E-state index is -0.434. The van der Waals surface area contributed by atoms with E-state index in [0.717, 1.165) is 11.3 Å². The van der Waals surface area contributed by atoms with Crippen LogP contribution in [0.4, 0.5) is 10.8 Å². The first-order chi connectivity index (χ1) is 9.06. The Morgan fingerprint density at radius 1 is 1.42 bits per heavy atom. The van der Waals surface area contributed by atoms with Gasteiger partial charge in [0.05, 0.1) is 16.0 Å². The number of nitro groups is 1. The van der Waals surface area contributed by atoms with Gasteiger partial charge in [0.15, 0.2) is 11.0 Å². The Bertz CT molecular complexity index is 613. The van der Waals surface area contributed by atoms with Crippen LogP contribution in [0.25, 0.3) is 0 Å². The molecule has 0 aliphatic carbocycles. The van der Waals surface area contributed by atoms with Crippen molar-refractivity contribution >= 4 is 40.0 Å². The second-order valence-corrected chi connectivity index (χ2v) is 4.90. The van der Waals surface area contributed by atoms with Gasteiger partial charge in [-0.3, -0.25) is 10.1 Å². The van der Waals surface area contributed by atoms with Crippen LogP contribution in [0, 0.1) is 10.1 Å². The molecule has 0 fully saturated rings. The highest BCUT2D eigenvalue weighted by atomic mass is 35.5. The highest BCUT2D eigenvalue weighted by Gasteiger charge is 2.08. The molecule has 0 aliphatic rings. The number of hydrazone groups is 1. The molecule has 0 N–H and O–H groups in total. The van der Waals surface area contributed by atoms with E-state index in [0.29, 0.717) is 15.8 Å². The molecule has 0 amide bonds. The van der Waals surface area contributed by atoms with E-state index in [2.05, 4.69) is 15.3 Å². The summed E-state index contributed by atoms with van der Waals surface area (Å²) in [6.07, 6.45) is 1.52. The van der Waals surface area contributed by atoms with Crippen LogP contribution in [-0.2, 0) is 0 Å².